The van der Waals surface area contributed by atoms with Crippen molar-refractivity contribution >= 4 is 17.5 Å². The first-order valence-corrected chi connectivity index (χ1v) is 7.81. The number of nitrogens with zero attached hydrogens (tertiary/aromatic N) is 2. The molecule has 0 unspecified atom stereocenters. The van der Waals surface area contributed by atoms with Gasteiger partial charge in [-0.05, 0) is 30.7 Å². The van der Waals surface area contributed by atoms with E-state index in [1.165, 1.54) is 6.07 Å². The molecule has 5 nitrogen and oxygen atoms in total. The molecule has 0 saturated heterocycles. The Morgan fingerprint density at radius 1 is 1.04 bits per heavy atom. The van der Waals surface area contributed by atoms with Gasteiger partial charge in [0.1, 0.15) is 11.5 Å². The van der Waals surface area contributed by atoms with Crippen LogP contribution in [0.4, 0.5) is 16.0 Å². The van der Waals surface area contributed by atoms with Crippen LogP contribution in [-0.4, -0.2) is 15.9 Å². The van der Waals surface area contributed by atoms with Crippen molar-refractivity contribution in [3.8, 4) is 0 Å². The first-order valence-electron chi connectivity index (χ1n) is 7.81. The summed E-state index contributed by atoms with van der Waals surface area (Å²) in [5.41, 5.74) is 2.08. The van der Waals surface area contributed by atoms with Crippen molar-refractivity contribution in [1.82, 2.24) is 15.3 Å². The lowest BCUT2D eigenvalue weighted by atomic mass is 10.2. The maximum atomic E-state index is 13.7. The molecule has 6 heteroatoms. The quantitative estimate of drug-likeness (QED) is 0.747. The summed E-state index contributed by atoms with van der Waals surface area (Å²) in [6.07, 6.45) is 0. The van der Waals surface area contributed by atoms with Gasteiger partial charge in [0.2, 0.25) is 5.95 Å². The molecule has 2 N–H and O–H groups in total. The summed E-state index contributed by atoms with van der Waals surface area (Å²) in [5.74, 6) is -0.552. The summed E-state index contributed by atoms with van der Waals surface area (Å²) in [4.78, 5) is 20.7. The Morgan fingerprint density at radius 3 is 2.52 bits per heavy atom. The van der Waals surface area contributed by atoms with Crippen molar-refractivity contribution in [1.29, 1.82) is 0 Å². The lowest BCUT2D eigenvalue weighted by Crippen LogP contribution is -2.24. The minimum atomic E-state index is -0.414. The topological polar surface area (TPSA) is 66.9 Å². The van der Waals surface area contributed by atoms with E-state index >= 15 is 0 Å². The number of para-hydroxylation sites is 1. The molecular weight excluding hydrogens is 319 g/mol. The van der Waals surface area contributed by atoms with E-state index in [0.29, 0.717) is 12.2 Å². The number of halogens is 1. The number of anilines is 2. The van der Waals surface area contributed by atoms with Gasteiger partial charge in [0.05, 0.1) is 5.69 Å². The fourth-order valence-corrected chi connectivity index (χ4v) is 2.29. The average Bonchev–Trinajstić information content (AvgIpc) is 2.62. The number of amides is 1. The Kier molecular flexibility index (Phi) is 4.99. The van der Waals surface area contributed by atoms with Crippen LogP contribution in [0.15, 0.2) is 60.7 Å². The molecule has 0 aliphatic rings. The van der Waals surface area contributed by atoms with Crippen LogP contribution in [0.3, 0.4) is 0 Å². The second kappa shape index (κ2) is 7.53. The van der Waals surface area contributed by atoms with Crippen molar-refractivity contribution < 1.29 is 9.18 Å². The number of carbonyl (C=O) groups excluding carboxylic acids is 1. The second-order valence-corrected chi connectivity index (χ2v) is 5.49. The first kappa shape index (κ1) is 16.6. The van der Waals surface area contributed by atoms with Gasteiger partial charge >= 0.3 is 0 Å². The standard InChI is InChI=1S/C19H17FN4O/c1-13-11-17(18(25)21-12-14-7-3-2-4-8-14)24-19(22-13)23-16-10-6-5-9-15(16)20/h2-11H,12H2,1H3,(H,21,25)(H,22,23,24). The summed E-state index contributed by atoms with van der Waals surface area (Å²) < 4.78 is 13.7. The lowest BCUT2D eigenvalue weighted by molar-refractivity contribution is 0.0945. The molecule has 1 heterocycles. The molecule has 0 aliphatic heterocycles. The number of carbonyl (C=O) groups is 1. The smallest absolute Gasteiger partial charge is 0.270 e. The van der Waals surface area contributed by atoms with E-state index in [-0.39, 0.29) is 23.2 Å². The van der Waals surface area contributed by atoms with Gasteiger partial charge in [0.25, 0.3) is 5.91 Å². The van der Waals surface area contributed by atoms with E-state index in [4.69, 9.17) is 0 Å². The molecule has 3 rings (SSSR count). The van der Waals surface area contributed by atoms with Crippen LogP contribution < -0.4 is 10.6 Å². The molecule has 0 fully saturated rings. The molecule has 0 spiro atoms. The zero-order valence-electron chi connectivity index (χ0n) is 13.7. The zero-order valence-corrected chi connectivity index (χ0v) is 13.7. The van der Waals surface area contributed by atoms with Crippen molar-refractivity contribution in [3.05, 3.63) is 83.4 Å². The number of rotatable bonds is 5. The van der Waals surface area contributed by atoms with Crippen LogP contribution in [-0.2, 0) is 6.54 Å². The van der Waals surface area contributed by atoms with E-state index in [0.717, 1.165) is 5.56 Å². The third kappa shape index (κ3) is 4.38. The summed E-state index contributed by atoms with van der Waals surface area (Å²) in [6.45, 7) is 2.15. The second-order valence-electron chi connectivity index (χ2n) is 5.49. The third-order valence-electron chi connectivity index (χ3n) is 3.50. The Hall–Kier alpha value is -3.28. The Bertz CT molecular complexity index is 884. The number of nitrogens with one attached hydrogen (secondary N) is 2. The molecule has 0 radical (unpaired) electrons. The minimum Gasteiger partial charge on any atom is -0.347 e. The summed E-state index contributed by atoms with van der Waals surface area (Å²) >= 11 is 0. The van der Waals surface area contributed by atoms with Gasteiger partial charge in [-0.25, -0.2) is 14.4 Å². The van der Waals surface area contributed by atoms with Crippen LogP contribution in [0.5, 0.6) is 0 Å². The van der Waals surface area contributed by atoms with E-state index in [1.807, 2.05) is 30.3 Å². The van der Waals surface area contributed by atoms with E-state index in [1.54, 1.807) is 31.2 Å². The number of hydrogen-bond acceptors (Lipinski definition) is 4. The van der Waals surface area contributed by atoms with Gasteiger partial charge in [-0.3, -0.25) is 4.79 Å². The highest BCUT2D eigenvalue weighted by Gasteiger charge is 2.11. The predicted octanol–water partition coefficient (Wildman–Crippen LogP) is 3.60. The fraction of sp³-hybridized carbons (Fsp3) is 0.105. The first-order chi connectivity index (χ1) is 12.1. The molecule has 0 aliphatic carbocycles. The minimum absolute atomic E-state index is 0.176. The molecule has 0 saturated carbocycles. The molecule has 1 aromatic heterocycles. The summed E-state index contributed by atoms with van der Waals surface area (Å²) in [6, 6.07) is 17.4. The molecule has 0 atom stereocenters. The van der Waals surface area contributed by atoms with Crippen LogP contribution in [0.1, 0.15) is 21.7 Å². The van der Waals surface area contributed by atoms with Crippen LogP contribution in [0.2, 0.25) is 0 Å². The molecule has 25 heavy (non-hydrogen) atoms. The van der Waals surface area contributed by atoms with Gasteiger partial charge in [-0.15, -0.1) is 0 Å². The largest absolute Gasteiger partial charge is 0.347 e. The Morgan fingerprint density at radius 2 is 1.76 bits per heavy atom. The van der Waals surface area contributed by atoms with Gasteiger partial charge in [0, 0.05) is 12.2 Å². The highest BCUT2D eigenvalue weighted by Crippen LogP contribution is 2.17. The third-order valence-corrected chi connectivity index (χ3v) is 3.50. The molecule has 126 valence electrons. The van der Waals surface area contributed by atoms with E-state index in [2.05, 4.69) is 20.6 Å². The number of benzene rings is 2. The van der Waals surface area contributed by atoms with Crippen LogP contribution in [0, 0.1) is 12.7 Å². The maximum absolute atomic E-state index is 13.7. The van der Waals surface area contributed by atoms with Gasteiger partial charge in [-0.2, -0.15) is 0 Å². The van der Waals surface area contributed by atoms with Crippen molar-refractivity contribution in [3.63, 3.8) is 0 Å². The fourth-order valence-electron chi connectivity index (χ4n) is 2.29. The van der Waals surface area contributed by atoms with E-state index in [9.17, 15) is 9.18 Å². The molecule has 0 bridgehead atoms. The monoisotopic (exact) mass is 336 g/mol. The molecule has 3 aromatic rings. The molecule has 2 aromatic carbocycles. The number of aromatic nitrogens is 2. The van der Waals surface area contributed by atoms with Crippen molar-refractivity contribution in [2.24, 2.45) is 0 Å². The van der Waals surface area contributed by atoms with Gasteiger partial charge < -0.3 is 10.6 Å². The Balaban J connectivity index is 1.74. The van der Waals surface area contributed by atoms with Gasteiger partial charge in [-0.1, -0.05) is 42.5 Å². The SMILES string of the molecule is Cc1cc(C(=O)NCc2ccccc2)nc(Nc2ccccc2F)n1. The summed E-state index contributed by atoms with van der Waals surface area (Å²) in [5, 5.41) is 5.62. The van der Waals surface area contributed by atoms with Crippen molar-refractivity contribution in [2.45, 2.75) is 13.5 Å². The average molecular weight is 336 g/mol. The zero-order chi connectivity index (χ0) is 17.6. The summed E-state index contributed by atoms with van der Waals surface area (Å²) in [7, 11) is 0. The van der Waals surface area contributed by atoms with E-state index < -0.39 is 5.82 Å². The Labute approximate surface area is 145 Å². The maximum Gasteiger partial charge on any atom is 0.270 e. The predicted molar refractivity (Wildman–Crippen MR) is 94.1 cm³/mol. The van der Waals surface area contributed by atoms with Crippen LogP contribution >= 0.6 is 0 Å². The number of hydrogen-bond donors (Lipinski definition) is 2. The van der Waals surface area contributed by atoms with Gasteiger partial charge in [0.15, 0.2) is 0 Å². The highest BCUT2D eigenvalue weighted by molar-refractivity contribution is 5.92. The van der Waals surface area contributed by atoms with Crippen molar-refractivity contribution in [2.75, 3.05) is 5.32 Å². The normalized spacial score (nSPS) is 10.3. The highest BCUT2D eigenvalue weighted by atomic mass is 19.1. The lowest BCUT2D eigenvalue weighted by Gasteiger charge is -2.09. The molecule has 1 amide bonds. The molecular formula is C19H17FN4O. The van der Waals surface area contributed by atoms with Crippen LogP contribution in [0.25, 0.3) is 0 Å². The number of aryl methyl sites for hydroxylation is 1.